The van der Waals surface area contributed by atoms with Crippen molar-refractivity contribution in [1.82, 2.24) is 4.90 Å². The third-order valence-electron chi connectivity index (χ3n) is 3.25. The normalized spacial score (nSPS) is 21.1. The first-order valence-corrected chi connectivity index (χ1v) is 6.48. The number of carbonyl (C=O) groups excluding carboxylic acids is 2. The van der Waals surface area contributed by atoms with E-state index in [0.29, 0.717) is 5.69 Å². The number of amides is 2. The largest absolute Gasteiger partial charge is 0.480 e. The zero-order valence-electron chi connectivity index (χ0n) is 11.4. The van der Waals surface area contributed by atoms with Gasteiger partial charge in [-0.05, 0) is 18.2 Å². The minimum atomic E-state index is -1.14. The number of nitrogens with one attached hydrogen (secondary N) is 1. The van der Waals surface area contributed by atoms with E-state index in [2.05, 4.69) is 5.32 Å². The van der Waals surface area contributed by atoms with Crippen molar-refractivity contribution in [3.05, 3.63) is 29.8 Å². The number of benzene rings is 1. The summed E-state index contributed by atoms with van der Waals surface area (Å²) in [6, 6.07) is 5.22. The van der Waals surface area contributed by atoms with Crippen LogP contribution >= 0.6 is 0 Å². The summed E-state index contributed by atoms with van der Waals surface area (Å²) in [7, 11) is 0. The van der Waals surface area contributed by atoms with Gasteiger partial charge in [0.1, 0.15) is 6.04 Å². The third-order valence-corrected chi connectivity index (χ3v) is 3.25. The molecule has 1 heterocycles. The van der Waals surface area contributed by atoms with E-state index in [1.165, 1.54) is 19.1 Å². The van der Waals surface area contributed by atoms with Crippen LogP contribution in [0, 0.1) is 0 Å². The predicted octanol–water partition coefficient (Wildman–Crippen LogP) is 0.305. The Bertz CT molecular complexity index is 586. The van der Waals surface area contributed by atoms with Gasteiger partial charge in [0.15, 0.2) is 0 Å². The first-order chi connectivity index (χ1) is 9.88. The van der Waals surface area contributed by atoms with Gasteiger partial charge in [-0.3, -0.25) is 9.59 Å². The van der Waals surface area contributed by atoms with Crippen LogP contribution in [-0.2, 0) is 9.59 Å². The number of carboxylic acid groups (broad SMARTS) is 1. The molecule has 1 aliphatic rings. The van der Waals surface area contributed by atoms with E-state index < -0.39 is 24.0 Å². The summed E-state index contributed by atoms with van der Waals surface area (Å²) in [5.74, 6) is -1.89. The second-order valence-electron chi connectivity index (χ2n) is 4.96. The van der Waals surface area contributed by atoms with Crippen LogP contribution in [0.1, 0.15) is 23.7 Å². The lowest BCUT2D eigenvalue weighted by atomic mass is 10.1. The van der Waals surface area contributed by atoms with E-state index in [1.807, 2.05) is 0 Å². The molecule has 3 N–H and O–H groups in total. The molecule has 0 spiro atoms. The number of hydrogen-bond acceptors (Lipinski definition) is 4. The van der Waals surface area contributed by atoms with Gasteiger partial charge in [-0.2, -0.15) is 0 Å². The maximum absolute atomic E-state index is 12.4. The van der Waals surface area contributed by atoms with Crippen LogP contribution in [0.15, 0.2) is 24.3 Å². The summed E-state index contributed by atoms with van der Waals surface area (Å²) in [5.41, 5.74) is 0.724. The van der Waals surface area contributed by atoms with Crippen LogP contribution in [-0.4, -0.2) is 51.6 Å². The fraction of sp³-hybridized carbons (Fsp3) is 0.357. The highest BCUT2D eigenvalue weighted by molar-refractivity contribution is 5.98. The van der Waals surface area contributed by atoms with Gasteiger partial charge in [0.25, 0.3) is 5.91 Å². The van der Waals surface area contributed by atoms with Crippen LogP contribution in [0.5, 0.6) is 0 Å². The average molecular weight is 292 g/mol. The molecule has 1 aliphatic heterocycles. The fourth-order valence-electron chi connectivity index (χ4n) is 2.37. The molecule has 2 atom stereocenters. The number of likely N-dealkylation sites (tertiary alicyclic amines) is 1. The Hall–Kier alpha value is -2.41. The predicted molar refractivity (Wildman–Crippen MR) is 73.8 cm³/mol. The Labute approximate surface area is 121 Å². The lowest BCUT2D eigenvalue weighted by Gasteiger charge is -2.21. The second kappa shape index (κ2) is 5.92. The van der Waals surface area contributed by atoms with Crippen molar-refractivity contribution in [1.29, 1.82) is 0 Å². The highest BCUT2D eigenvalue weighted by Gasteiger charge is 2.39. The molecule has 1 aromatic rings. The standard InChI is InChI=1S/C14H16N2O5/c1-8(17)15-10-4-2-3-9(5-10)13(19)16-7-11(18)6-12(16)14(20)21/h2-5,11-12,18H,6-7H2,1H3,(H,15,17)(H,20,21)/t11-,12-/m0/s1. The first kappa shape index (κ1) is 15.0. The summed E-state index contributed by atoms with van der Waals surface area (Å²) >= 11 is 0. The Morgan fingerprint density at radius 1 is 1.33 bits per heavy atom. The molecule has 0 aromatic heterocycles. The summed E-state index contributed by atoms with van der Waals surface area (Å²) in [6.07, 6.45) is -0.819. The molecule has 0 aliphatic carbocycles. The molecule has 1 aromatic carbocycles. The van der Waals surface area contributed by atoms with Gasteiger partial charge in [0, 0.05) is 31.1 Å². The van der Waals surface area contributed by atoms with Gasteiger partial charge >= 0.3 is 5.97 Å². The van der Waals surface area contributed by atoms with Crippen LogP contribution in [0.4, 0.5) is 5.69 Å². The third kappa shape index (κ3) is 3.38. The zero-order valence-corrected chi connectivity index (χ0v) is 11.4. The number of rotatable bonds is 3. The number of aliphatic hydroxyl groups is 1. The number of anilines is 1. The minimum absolute atomic E-state index is 0.0137. The molecule has 0 saturated carbocycles. The van der Waals surface area contributed by atoms with Crippen LogP contribution < -0.4 is 5.32 Å². The number of aliphatic hydroxyl groups excluding tert-OH is 1. The lowest BCUT2D eigenvalue weighted by molar-refractivity contribution is -0.141. The molecular formula is C14H16N2O5. The Morgan fingerprint density at radius 2 is 2.05 bits per heavy atom. The van der Waals surface area contributed by atoms with E-state index in [1.54, 1.807) is 12.1 Å². The molecule has 2 rings (SSSR count). The molecule has 0 unspecified atom stereocenters. The smallest absolute Gasteiger partial charge is 0.326 e. The van der Waals surface area contributed by atoms with E-state index in [-0.39, 0.29) is 24.4 Å². The van der Waals surface area contributed by atoms with Crippen molar-refractivity contribution in [2.24, 2.45) is 0 Å². The van der Waals surface area contributed by atoms with E-state index >= 15 is 0 Å². The molecule has 112 valence electrons. The maximum atomic E-state index is 12.4. The van der Waals surface area contributed by atoms with Gasteiger partial charge in [-0.15, -0.1) is 0 Å². The Balaban J connectivity index is 2.23. The van der Waals surface area contributed by atoms with E-state index in [9.17, 15) is 19.5 Å². The van der Waals surface area contributed by atoms with Gasteiger partial charge in [0.05, 0.1) is 6.10 Å². The number of carboxylic acids is 1. The van der Waals surface area contributed by atoms with E-state index in [4.69, 9.17) is 5.11 Å². The monoisotopic (exact) mass is 292 g/mol. The van der Waals surface area contributed by atoms with Crippen LogP contribution in [0.2, 0.25) is 0 Å². The zero-order chi connectivity index (χ0) is 15.6. The molecule has 7 heteroatoms. The molecule has 1 fully saturated rings. The summed E-state index contributed by atoms with van der Waals surface area (Å²) in [6.45, 7) is 1.34. The Morgan fingerprint density at radius 3 is 2.67 bits per heavy atom. The number of β-amino-alcohol motifs (C(OH)–C–C–N with tert-alkyl or cyclic N) is 1. The molecule has 7 nitrogen and oxygen atoms in total. The quantitative estimate of drug-likeness (QED) is 0.743. The van der Waals surface area contributed by atoms with Gasteiger partial charge in [0.2, 0.25) is 5.91 Å². The second-order valence-corrected chi connectivity index (χ2v) is 4.96. The molecule has 1 saturated heterocycles. The number of hydrogen-bond donors (Lipinski definition) is 3. The highest BCUT2D eigenvalue weighted by atomic mass is 16.4. The van der Waals surface area contributed by atoms with Crippen molar-refractivity contribution in [3.8, 4) is 0 Å². The molecule has 21 heavy (non-hydrogen) atoms. The maximum Gasteiger partial charge on any atom is 0.326 e. The van der Waals surface area contributed by atoms with E-state index in [0.717, 1.165) is 4.90 Å². The van der Waals surface area contributed by atoms with Crippen LogP contribution in [0.25, 0.3) is 0 Å². The van der Waals surface area contributed by atoms with Gasteiger partial charge in [-0.25, -0.2) is 4.79 Å². The minimum Gasteiger partial charge on any atom is -0.480 e. The van der Waals surface area contributed by atoms with Crippen molar-refractivity contribution >= 4 is 23.5 Å². The highest BCUT2D eigenvalue weighted by Crippen LogP contribution is 2.22. The van der Waals surface area contributed by atoms with Gasteiger partial charge in [-0.1, -0.05) is 6.07 Å². The Kier molecular flexibility index (Phi) is 4.23. The molecule has 2 amide bonds. The summed E-state index contributed by atoms with van der Waals surface area (Å²) in [5, 5.41) is 21.2. The summed E-state index contributed by atoms with van der Waals surface area (Å²) in [4.78, 5) is 35.7. The molecular weight excluding hydrogens is 276 g/mol. The molecule has 0 bridgehead atoms. The van der Waals surface area contributed by atoms with Crippen molar-refractivity contribution in [2.45, 2.75) is 25.5 Å². The number of aliphatic carboxylic acids is 1. The topological polar surface area (TPSA) is 107 Å². The van der Waals surface area contributed by atoms with Crippen LogP contribution in [0.3, 0.4) is 0 Å². The number of carbonyl (C=O) groups is 3. The van der Waals surface area contributed by atoms with Crippen molar-refractivity contribution in [2.75, 3.05) is 11.9 Å². The average Bonchev–Trinajstić information content (AvgIpc) is 2.80. The number of nitrogens with zero attached hydrogens (tertiary/aromatic N) is 1. The molecule has 0 radical (unpaired) electrons. The van der Waals surface area contributed by atoms with Crippen molar-refractivity contribution < 1.29 is 24.6 Å². The first-order valence-electron chi connectivity index (χ1n) is 6.48. The van der Waals surface area contributed by atoms with Crippen molar-refractivity contribution in [3.63, 3.8) is 0 Å². The summed E-state index contributed by atoms with van der Waals surface area (Å²) < 4.78 is 0. The lowest BCUT2D eigenvalue weighted by Crippen LogP contribution is -2.40. The van der Waals surface area contributed by atoms with Gasteiger partial charge < -0.3 is 20.4 Å². The fourth-order valence-corrected chi connectivity index (χ4v) is 2.37. The SMILES string of the molecule is CC(=O)Nc1cccc(C(=O)N2C[C@@H](O)C[C@H]2C(=O)O)c1.